The van der Waals surface area contributed by atoms with Gasteiger partial charge in [0.1, 0.15) is 24.7 Å². The highest BCUT2D eigenvalue weighted by atomic mass is 16.5. The van der Waals surface area contributed by atoms with Gasteiger partial charge in [-0.05, 0) is 60.6 Å². The van der Waals surface area contributed by atoms with Crippen LogP contribution in [-0.4, -0.2) is 66.5 Å². The lowest BCUT2D eigenvalue weighted by Gasteiger charge is -2.28. The Kier molecular flexibility index (Phi) is 10.4. The van der Waals surface area contributed by atoms with Crippen molar-refractivity contribution in [2.24, 2.45) is 0 Å². The van der Waals surface area contributed by atoms with Gasteiger partial charge in [0.2, 0.25) is 0 Å². The van der Waals surface area contributed by atoms with Crippen LogP contribution in [0.1, 0.15) is 36.6 Å². The number of rotatable bonds is 14. The molecular formula is C34H38N2O6. The molecule has 1 aliphatic heterocycles. The average molecular weight is 571 g/mol. The van der Waals surface area contributed by atoms with Gasteiger partial charge < -0.3 is 29.1 Å². The smallest absolute Gasteiger partial charge is 0.295 e. The SMILES string of the molecule is C=CCOc1ccc(C2C(=C(O)c3ccc(OCc4ccccc4)cc3)C(=O)C(=O)N2CCN(CC)CC)cc1OC. The van der Waals surface area contributed by atoms with Gasteiger partial charge in [0.05, 0.1) is 18.7 Å². The number of ether oxygens (including phenoxy) is 3. The molecule has 0 spiro atoms. The normalized spacial score (nSPS) is 16.1. The lowest BCUT2D eigenvalue weighted by atomic mass is 9.95. The van der Waals surface area contributed by atoms with Gasteiger partial charge in [0.15, 0.2) is 11.5 Å². The first kappa shape index (κ1) is 30.4. The molecule has 4 rings (SSSR count). The van der Waals surface area contributed by atoms with Gasteiger partial charge in [-0.2, -0.15) is 0 Å². The van der Waals surface area contributed by atoms with E-state index < -0.39 is 17.7 Å². The summed E-state index contributed by atoms with van der Waals surface area (Å²) in [5.41, 5.74) is 2.09. The maximum Gasteiger partial charge on any atom is 0.295 e. The number of carbonyl (C=O) groups is 2. The number of ketones is 1. The summed E-state index contributed by atoms with van der Waals surface area (Å²) in [5, 5.41) is 11.5. The van der Waals surface area contributed by atoms with Crippen LogP contribution in [-0.2, 0) is 16.2 Å². The van der Waals surface area contributed by atoms with Crippen LogP contribution >= 0.6 is 0 Å². The zero-order valence-corrected chi connectivity index (χ0v) is 24.4. The minimum Gasteiger partial charge on any atom is -0.507 e. The number of aliphatic hydroxyl groups excluding tert-OH is 1. The summed E-state index contributed by atoms with van der Waals surface area (Å²) in [4.78, 5) is 30.6. The molecule has 1 N–H and O–H groups in total. The van der Waals surface area contributed by atoms with Crippen LogP contribution in [0.4, 0.5) is 0 Å². The summed E-state index contributed by atoms with van der Waals surface area (Å²) in [7, 11) is 1.53. The van der Waals surface area contributed by atoms with E-state index in [1.807, 2.05) is 30.3 Å². The standard InChI is InChI=1S/C34H38N2O6/c1-5-21-41-28-18-15-26(22-29(28)40-4)31-30(33(38)34(39)36(31)20-19-35(6-2)7-3)32(37)25-13-16-27(17-14-25)42-23-24-11-9-8-10-12-24/h5,8-18,22,31,37H,1,6-7,19-21,23H2,2-4H3. The number of hydrogen-bond donors (Lipinski definition) is 1. The molecule has 1 aliphatic rings. The fourth-order valence-corrected chi connectivity index (χ4v) is 4.97. The van der Waals surface area contributed by atoms with E-state index in [-0.39, 0.29) is 11.3 Å². The van der Waals surface area contributed by atoms with Crippen molar-refractivity contribution in [1.82, 2.24) is 9.80 Å². The minimum atomic E-state index is -0.808. The number of likely N-dealkylation sites (tertiary alicyclic amines) is 1. The largest absolute Gasteiger partial charge is 0.507 e. The van der Waals surface area contributed by atoms with Crippen molar-refractivity contribution in [2.45, 2.75) is 26.5 Å². The van der Waals surface area contributed by atoms with E-state index >= 15 is 0 Å². The molecule has 3 aromatic carbocycles. The van der Waals surface area contributed by atoms with Gasteiger partial charge in [-0.1, -0.05) is 62.9 Å². The average Bonchev–Trinajstić information content (AvgIpc) is 3.28. The molecule has 0 bridgehead atoms. The number of benzene rings is 3. The number of methoxy groups -OCH3 is 1. The van der Waals surface area contributed by atoms with Crippen molar-refractivity contribution in [2.75, 3.05) is 39.9 Å². The Morgan fingerprint density at radius 1 is 0.976 bits per heavy atom. The highest BCUT2D eigenvalue weighted by molar-refractivity contribution is 6.46. The predicted molar refractivity (Wildman–Crippen MR) is 163 cm³/mol. The molecule has 8 nitrogen and oxygen atoms in total. The van der Waals surface area contributed by atoms with Crippen molar-refractivity contribution in [3.63, 3.8) is 0 Å². The third kappa shape index (κ3) is 6.83. The van der Waals surface area contributed by atoms with Crippen LogP contribution in [0.2, 0.25) is 0 Å². The van der Waals surface area contributed by atoms with E-state index in [2.05, 4.69) is 25.3 Å². The fraction of sp³-hybridized carbons (Fsp3) is 0.294. The number of amides is 1. The monoisotopic (exact) mass is 570 g/mol. The first-order valence-corrected chi connectivity index (χ1v) is 14.1. The Hall–Kier alpha value is -4.56. The fourth-order valence-electron chi connectivity index (χ4n) is 4.97. The second-order valence-electron chi connectivity index (χ2n) is 9.83. The number of hydrogen-bond acceptors (Lipinski definition) is 7. The summed E-state index contributed by atoms with van der Waals surface area (Å²) in [5.74, 6) is -0.0541. The minimum absolute atomic E-state index is 0.0271. The molecule has 220 valence electrons. The van der Waals surface area contributed by atoms with Crippen LogP contribution in [0.3, 0.4) is 0 Å². The Morgan fingerprint density at radius 3 is 2.33 bits per heavy atom. The summed E-state index contributed by atoms with van der Waals surface area (Å²) in [6, 6.07) is 21.1. The molecule has 0 saturated carbocycles. The zero-order valence-electron chi connectivity index (χ0n) is 24.4. The Balaban J connectivity index is 1.70. The van der Waals surface area contributed by atoms with E-state index in [1.165, 1.54) is 12.0 Å². The number of likely N-dealkylation sites (N-methyl/N-ethyl adjacent to an activating group) is 1. The summed E-state index contributed by atoms with van der Waals surface area (Å²) >= 11 is 0. The molecule has 1 fully saturated rings. The van der Waals surface area contributed by atoms with Gasteiger partial charge in [-0.3, -0.25) is 9.59 Å². The van der Waals surface area contributed by atoms with E-state index in [0.717, 1.165) is 18.7 Å². The summed E-state index contributed by atoms with van der Waals surface area (Å²) in [6.45, 7) is 11.0. The predicted octanol–water partition coefficient (Wildman–Crippen LogP) is 5.60. The third-order valence-corrected chi connectivity index (χ3v) is 7.33. The van der Waals surface area contributed by atoms with E-state index in [9.17, 15) is 14.7 Å². The molecule has 1 saturated heterocycles. The Labute approximate surface area is 247 Å². The van der Waals surface area contributed by atoms with Crippen LogP contribution in [0.15, 0.2) is 91.0 Å². The topological polar surface area (TPSA) is 88.5 Å². The van der Waals surface area contributed by atoms with Crippen molar-refractivity contribution in [3.8, 4) is 17.2 Å². The molecule has 0 aliphatic carbocycles. The zero-order chi connectivity index (χ0) is 30.1. The van der Waals surface area contributed by atoms with Gasteiger partial charge >= 0.3 is 0 Å². The summed E-state index contributed by atoms with van der Waals surface area (Å²) in [6.07, 6.45) is 1.63. The van der Waals surface area contributed by atoms with Crippen LogP contribution in [0.25, 0.3) is 5.76 Å². The second-order valence-corrected chi connectivity index (χ2v) is 9.83. The van der Waals surface area contributed by atoms with Gasteiger partial charge in [-0.15, -0.1) is 0 Å². The molecule has 3 aromatic rings. The first-order valence-electron chi connectivity index (χ1n) is 14.1. The number of carbonyl (C=O) groups excluding carboxylic acids is 2. The van der Waals surface area contributed by atoms with E-state index in [0.29, 0.717) is 54.7 Å². The molecule has 0 aromatic heterocycles. The van der Waals surface area contributed by atoms with Crippen molar-refractivity contribution in [1.29, 1.82) is 0 Å². The van der Waals surface area contributed by atoms with Crippen LogP contribution < -0.4 is 14.2 Å². The van der Waals surface area contributed by atoms with E-state index in [4.69, 9.17) is 14.2 Å². The highest BCUT2D eigenvalue weighted by Crippen LogP contribution is 2.42. The third-order valence-electron chi connectivity index (χ3n) is 7.33. The van der Waals surface area contributed by atoms with Crippen molar-refractivity contribution in [3.05, 3.63) is 108 Å². The molecule has 42 heavy (non-hydrogen) atoms. The van der Waals surface area contributed by atoms with Crippen LogP contribution in [0, 0.1) is 0 Å². The molecule has 1 heterocycles. The number of Topliss-reactive ketones (excluding diaryl/α,β-unsaturated/α-hetero) is 1. The number of aliphatic hydroxyl groups is 1. The Bertz CT molecular complexity index is 1410. The highest BCUT2D eigenvalue weighted by Gasteiger charge is 2.46. The quantitative estimate of drug-likeness (QED) is 0.117. The lowest BCUT2D eigenvalue weighted by molar-refractivity contribution is -0.140. The molecular weight excluding hydrogens is 532 g/mol. The van der Waals surface area contributed by atoms with Gasteiger partial charge in [0.25, 0.3) is 11.7 Å². The van der Waals surface area contributed by atoms with Crippen molar-refractivity contribution >= 4 is 17.4 Å². The van der Waals surface area contributed by atoms with Crippen LogP contribution in [0.5, 0.6) is 17.2 Å². The molecule has 1 atom stereocenters. The second kappa shape index (κ2) is 14.4. The van der Waals surface area contributed by atoms with Gasteiger partial charge in [0, 0.05) is 18.7 Å². The Morgan fingerprint density at radius 2 is 1.69 bits per heavy atom. The molecule has 1 unspecified atom stereocenters. The number of nitrogens with zero attached hydrogens (tertiary/aromatic N) is 2. The maximum atomic E-state index is 13.5. The van der Waals surface area contributed by atoms with Crippen molar-refractivity contribution < 1.29 is 28.9 Å². The molecule has 0 radical (unpaired) electrons. The summed E-state index contributed by atoms with van der Waals surface area (Å²) < 4.78 is 17.1. The first-order chi connectivity index (χ1) is 20.4. The molecule has 1 amide bonds. The van der Waals surface area contributed by atoms with E-state index in [1.54, 1.807) is 48.5 Å². The lowest BCUT2D eigenvalue weighted by Crippen LogP contribution is -2.38. The van der Waals surface area contributed by atoms with Gasteiger partial charge in [-0.25, -0.2) is 0 Å². The molecule has 8 heteroatoms. The maximum absolute atomic E-state index is 13.5.